The summed E-state index contributed by atoms with van der Waals surface area (Å²) >= 11 is 0. The zero-order valence-electron chi connectivity index (χ0n) is 18.2. The zero-order chi connectivity index (χ0) is 20.4. The van der Waals surface area contributed by atoms with Crippen LogP contribution < -0.4 is 15.5 Å². The highest BCUT2D eigenvalue weighted by Gasteiger charge is 2.15. The third-order valence-electron chi connectivity index (χ3n) is 5.17. The topological polar surface area (TPSA) is 65.0 Å². The van der Waals surface area contributed by atoms with Gasteiger partial charge in [-0.05, 0) is 37.9 Å². The fraction of sp³-hybridized carbons (Fsp3) is 0.714. The monoisotopic (exact) mass is 390 g/mol. The highest BCUT2D eigenvalue weighted by molar-refractivity contribution is 5.79. The molecule has 1 atom stereocenters. The molecule has 2 N–H and O–H groups in total. The summed E-state index contributed by atoms with van der Waals surface area (Å²) in [6.07, 6.45) is 3.20. The van der Waals surface area contributed by atoms with E-state index in [0.717, 1.165) is 63.1 Å². The van der Waals surface area contributed by atoms with E-state index >= 15 is 0 Å². The molecule has 1 aromatic rings. The molecule has 0 amide bonds. The average Bonchev–Trinajstić information content (AvgIpc) is 2.70. The van der Waals surface area contributed by atoms with Crippen LogP contribution in [0, 0.1) is 5.92 Å². The molecule has 0 bridgehead atoms. The number of pyridine rings is 1. The quantitative estimate of drug-likeness (QED) is 0.496. The molecule has 0 aliphatic carbocycles. The SMILES string of the molecule is CCOC(CCNC(=NC)NCc1ccc(N2CCN(C)CC2)nc1)C(C)C. The van der Waals surface area contributed by atoms with E-state index in [9.17, 15) is 0 Å². The number of hydrogen-bond acceptors (Lipinski definition) is 5. The predicted molar refractivity (Wildman–Crippen MR) is 117 cm³/mol. The molecule has 2 rings (SSSR count). The molecule has 7 heteroatoms. The minimum Gasteiger partial charge on any atom is -0.378 e. The summed E-state index contributed by atoms with van der Waals surface area (Å²) in [6.45, 7) is 13.0. The molecule has 1 aliphatic heterocycles. The van der Waals surface area contributed by atoms with Crippen LogP contribution in [0.5, 0.6) is 0 Å². The zero-order valence-corrected chi connectivity index (χ0v) is 18.2. The van der Waals surface area contributed by atoms with Crippen molar-refractivity contribution in [2.45, 2.75) is 39.8 Å². The largest absolute Gasteiger partial charge is 0.378 e. The Balaban J connectivity index is 1.75. The molecule has 0 saturated carbocycles. The lowest BCUT2D eigenvalue weighted by Gasteiger charge is -2.33. The number of aromatic nitrogens is 1. The number of hydrogen-bond donors (Lipinski definition) is 2. The molecular weight excluding hydrogens is 352 g/mol. The van der Waals surface area contributed by atoms with Crippen molar-refractivity contribution in [1.82, 2.24) is 20.5 Å². The molecule has 1 aromatic heterocycles. The average molecular weight is 391 g/mol. The van der Waals surface area contributed by atoms with Gasteiger partial charge in [-0.15, -0.1) is 0 Å². The number of nitrogens with one attached hydrogen (secondary N) is 2. The van der Waals surface area contributed by atoms with E-state index in [0.29, 0.717) is 12.5 Å². The first-order valence-electron chi connectivity index (χ1n) is 10.5. The summed E-state index contributed by atoms with van der Waals surface area (Å²) in [5, 5.41) is 6.74. The minimum absolute atomic E-state index is 0.280. The van der Waals surface area contributed by atoms with Gasteiger partial charge < -0.3 is 25.2 Å². The first kappa shape index (κ1) is 22.4. The number of piperazine rings is 1. The predicted octanol–water partition coefficient (Wildman–Crippen LogP) is 1.95. The molecular formula is C21H38N6O. The van der Waals surface area contributed by atoms with E-state index in [1.807, 2.05) is 13.1 Å². The maximum Gasteiger partial charge on any atom is 0.191 e. The number of likely N-dealkylation sites (N-methyl/N-ethyl adjacent to an activating group) is 1. The van der Waals surface area contributed by atoms with Gasteiger partial charge in [0.05, 0.1) is 6.10 Å². The fourth-order valence-corrected chi connectivity index (χ4v) is 3.31. The van der Waals surface area contributed by atoms with Gasteiger partial charge in [-0.25, -0.2) is 4.98 Å². The lowest BCUT2D eigenvalue weighted by Crippen LogP contribution is -2.44. The van der Waals surface area contributed by atoms with Gasteiger partial charge in [-0.3, -0.25) is 4.99 Å². The molecule has 1 aliphatic rings. The van der Waals surface area contributed by atoms with Gasteiger partial charge in [0.15, 0.2) is 5.96 Å². The van der Waals surface area contributed by atoms with Gasteiger partial charge in [0, 0.05) is 59.1 Å². The molecule has 1 fully saturated rings. The maximum absolute atomic E-state index is 5.80. The van der Waals surface area contributed by atoms with Crippen LogP contribution in [0.2, 0.25) is 0 Å². The number of aliphatic imine (C=N–C) groups is 1. The van der Waals surface area contributed by atoms with Crippen LogP contribution in [0.3, 0.4) is 0 Å². The van der Waals surface area contributed by atoms with Crippen LogP contribution in [-0.2, 0) is 11.3 Å². The number of anilines is 1. The normalized spacial score (nSPS) is 17.1. The highest BCUT2D eigenvalue weighted by Crippen LogP contribution is 2.13. The second-order valence-electron chi connectivity index (χ2n) is 7.69. The van der Waals surface area contributed by atoms with Crippen LogP contribution in [0.15, 0.2) is 23.3 Å². The van der Waals surface area contributed by atoms with Crippen LogP contribution >= 0.6 is 0 Å². The lowest BCUT2D eigenvalue weighted by molar-refractivity contribution is 0.0258. The van der Waals surface area contributed by atoms with E-state index in [2.05, 4.69) is 63.4 Å². The Morgan fingerprint density at radius 2 is 1.96 bits per heavy atom. The summed E-state index contributed by atoms with van der Waals surface area (Å²) < 4.78 is 5.80. The molecule has 0 aromatic carbocycles. The van der Waals surface area contributed by atoms with Gasteiger partial charge >= 0.3 is 0 Å². The van der Waals surface area contributed by atoms with Crippen molar-refractivity contribution >= 4 is 11.8 Å². The van der Waals surface area contributed by atoms with Gasteiger partial charge in [-0.2, -0.15) is 0 Å². The third-order valence-corrected chi connectivity index (χ3v) is 5.17. The Bertz CT molecular complexity index is 581. The van der Waals surface area contributed by atoms with Gasteiger partial charge in [0.25, 0.3) is 0 Å². The first-order chi connectivity index (χ1) is 13.5. The summed E-state index contributed by atoms with van der Waals surface area (Å²) in [7, 11) is 3.97. The van der Waals surface area contributed by atoms with Gasteiger partial charge in [-0.1, -0.05) is 19.9 Å². The first-order valence-corrected chi connectivity index (χ1v) is 10.5. The lowest BCUT2D eigenvalue weighted by atomic mass is 10.0. The number of rotatable bonds is 9. The molecule has 28 heavy (non-hydrogen) atoms. The Morgan fingerprint density at radius 1 is 1.21 bits per heavy atom. The second-order valence-corrected chi connectivity index (χ2v) is 7.69. The van der Waals surface area contributed by atoms with E-state index in [-0.39, 0.29) is 6.10 Å². The van der Waals surface area contributed by atoms with Crippen molar-refractivity contribution in [2.24, 2.45) is 10.9 Å². The number of nitrogens with zero attached hydrogens (tertiary/aromatic N) is 4. The van der Waals surface area contributed by atoms with Crippen molar-refractivity contribution in [3.05, 3.63) is 23.9 Å². The Labute approximate surface area is 170 Å². The van der Waals surface area contributed by atoms with E-state index in [1.54, 1.807) is 7.05 Å². The molecule has 7 nitrogen and oxygen atoms in total. The Hall–Kier alpha value is -1.86. The standard InChI is InChI=1S/C21H38N6O/c1-6-28-19(17(2)3)9-10-23-21(22-4)25-16-18-7-8-20(24-15-18)27-13-11-26(5)12-14-27/h7-8,15,17,19H,6,9-14,16H2,1-5H3,(H2,22,23,25). The molecule has 0 spiro atoms. The van der Waals surface area contributed by atoms with Crippen LogP contribution in [0.4, 0.5) is 5.82 Å². The summed E-state index contributed by atoms with van der Waals surface area (Å²) in [4.78, 5) is 13.7. The van der Waals surface area contributed by atoms with E-state index < -0.39 is 0 Å². The fourth-order valence-electron chi connectivity index (χ4n) is 3.31. The van der Waals surface area contributed by atoms with E-state index in [4.69, 9.17) is 4.74 Å². The smallest absolute Gasteiger partial charge is 0.191 e. The van der Waals surface area contributed by atoms with Gasteiger partial charge in [0.1, 0.15) is 5.82 Å². The van der Waals surface area contributed by atoms with Crippen LogP contribution in [0.25, 0.3) is 0 Å². The molecule has 1 saturated heterocycles. The minimum atomic E-state index is 0.280. The van der Waals surface area contributed by atoms with E-state index in [1.165, 1.54) is 0 Å². The molecule has 2 heterocycles. The third kappa shape index (κ3) is 7.28. The highest BCUT2D eigenvalue weighted by atomic mass is 16.5. The van der Waals surface area contributed by atoms with Crippen molar-refractivity contribution < 1.29 is 4.74 Å². The second kappa shape index (κ2) is 11.9. The van der Waals surface area contributed by atoms with Crippen LogP contribution in [-0.4, -0.2) is 75.4 Å². The van der Waals surface area contributed by atoms with Gasteiger partial charge in [0.2, 0.25) is 0 Å². The number of guanidine groups is 1. The van der Waals surface area contributed by atoms with Crippen molar-refractivity contribution in [3.8, 4) is 0 Å². The summed E-state index contributed by atoms with van der Waals surface area (Å²) in [5.41, 5.74) is 1.15. The number of ether oxygens (including phenoxy) is 1. The van der Waals surface area contributed by atoms with Crippen molar-refractivity contribution in [2.75, 3.05) is 58.3 Å². The Kier molecular flexibility index (Phi) is 9.50. The summed E-state index contributed by atoms with van der Waals surface area (Å²) in [6, 6.07) is 4.26. The van der Waals surface area contributed by atoms with Crippen molar-refractivity contribution in [1.29, 1.82) is 0 Å². The maximum atomic E-state index is 5.80. The molecule has 0 radical (unpaired) electrons. The Morgan fingerprint density at radius 3 is 2.54 bits per heavy atom. The molecule has 158 valence electrons. The molecule has 1 unspecified atom stereocenters. The van der Waals surface area contributed by atoms with Crippen molar-refractivity contribution in [3.63, 3.8) is 0 Å². The van der Waals surface area contributed by atoms with Crippen LogP contribution in [0.1, 0.15) is 32.8 Å². The summed E-state index contributed by atoms with van der Waals surface area (Å²) in [5.74, 6) is 2.39.